The zero-order valence-corrected chi connectivity index (χ0v) is 24.7. The Hall–Kier alpha value is -4.08. The number of methoxy groups -OCH3 is 1. The topological polar surface area (TPSA) is 111 Å². The van der Waals surface area contributed by atoms with Crippen LogP contribution in [0.1, 0.15) is 56.9 Å². The molecule has 1 amide bonds. The maximum Gasteiger partial charge on any atom is 0.252 e. The van der Waals surface area contributed by atoms with Gasteiger partial charge in [-0.3, -0.25) is 28.9 Å². The van der Waals surface area contributed by atoms with Crippen LogP contribution in [0.5, 0.6) is 5.75 Å². The molecule has 1 unspecified atom stereocenters. The Labute approximate surface area is 244 Å². The summed E-state index contributed by atoms with van der Waals surface area (Å²) in [6.07, 6.45) is 1.94. The fourth-order valence-electron chi connectivity index (χ4n) is 4.28. The summed E-state index contributed by atoms with van der Waals surface area (Å²) in [6, 6.07) is 10.2. The van der Waals surface area contributed by atoms with Gasteiger partial charge < -0.3 is 14.8 Å². The number of anilines is 1. The molecule has 3 rings (SSSR count). The first-order valence-corrected chi connectivity index (χ1v) is 13.5. The molecule has 2 aromatic carbocycles. The number of ketones is 1. The number of halogens is 1. The van der Waals surface area contributed by atoms with Gasteiger partial charge in [0.15, 0.2) is 5.78 Å². The van der Waals surface area contributed by atoms with E-state index in [0.29, 0.717) is 44.5 Å². The van der Waals surface area contributed by atoms with Gasteiger partial charge in [-0.1, -0.05) is 18.5 Å². The highest BCUT2D eigenvalue weighted by atomic mass is 35.5. The van der Waals surface area contributed by atoms with Crippen LogP contribution in [0.15, 0.2) is 63.4 Å². The van der Waals surface area contributed by atoms with E-state index in [4.69, 9.17) is 21.1 Å². The Morgan fingerprint density at radius 1 is 1.05 bits per heavy atom. The van der Waals surface area contributed by atoms with Crippen LogP contribution in [0.4, 0.5) is 17.1 Å². The van der Waals surface area contributed by atoms with Gasteiger partial charge in [-0.2, -0.15) is 0 Å². The average Bonchev–Trinajstić information content (AvgIpc) is 2.94. The van der Waals surface area contributed by atoms with Crippen molar-refractivity contribution in [3.05, 3.63) is 69.6 Å². The van der Waals surface area contributed by atoms with Crippen molar-refractivity contribution in [1.82, 2.24) is 4.57 Å². The van der Waals surface area contributed by atoms with Crippen LogP contribution in [-0.4, -0.2) is 49.0 Å². The molecular formula is C31H35ClN4O5. The highest BCUT2D eigenvalue weighted by Crippen LogP contribution is 2.35. The lowest BCUT2D eigenvalue weighted by Gasteiger charge is -2.24. The Morgan fingerprint density at radius 2 is 1.76 bits per heavy atom. The quantitative estimate of drug-likeness (QED) is 0.187. The molecule has 0 saturated carbocycles. The molecule has 0 radical (unpaired) electrons. The van der Waals surface area contributed by atoms with Crippen molar-refractivity contribution in [1.29, 1.82) is 0 Å². The number of benzene rings is 2. The first-order valence-electron chi connectivity index (χ1n) is 13.1. The molecule has 1 heterocycles. The van der Waals surface area contributed by atoms with Crippen LogP contribution >= 0.6 is 11.6 Å². The number of aliphatic imine (C=N–C) groups is 2. The van der Waals surface area contributed by atoms with Crippen molar-refractivity contribution in [3.63, 3.8) is 0 Å². The molecule has 0 aliphatic rings. The SMILES string of the molecule is C=Nc1ccc(NC(=O)C(CCOC(C)(C)C)n2cc(OC)c(-c3cc(Cl)ccc3C(=O)CC)cc2=O)cc1N=C. The van der Waals surface area contributed by atoms with Crippen molar-refractivity contribution in [3.8, 4) is 16.9 Å². The van der Waals surface area contributed by atoms with Crippen LogP contribution in [0, 0.1) is 0 Å². The first-order chi connectivity index (χ1) is 19.4. The average molecular weight is 579 g/mol. The lowest BCUT2D eigenvalue weighted by atomic mass is 9.96. The summed E-state index contributed by atoms with van der Waals surface area (Å²) >= 11 is 6.26. The molecule has 41 heavy (non-hydrogen) atoms. The van der Waals surface area contributed by atoms with E-state index >= 15 is 0 Å². The number of aromatic nitrogens is 1. The standard InChI is InChI=1S/C31H35ClN4O5/c1-8-27(37)21-11-9-19(32)15-22(21)23-17-29(38)36(18-28(23)40-7)26(13-14-41-31(2,3)4)30(39)35-20-10-12-24(33-5)25(16-20)34-6/h9-12,15-18,26H,5-6,8,13-14H2,1-4,7H3,(H,35,39). The third-order valence-corrected chi connectivity index (χ3v) is 6.54. The number of ether oxygens (including phenoxy) is 2. The number of nitrogens with one attached hydrogen (secondary N) is 1. The van der Waals surface area contributed by atoms with Gasteiger partial charge in [-0.05, 0) is 76.2 Å². The Bertz CT molecular complexity index is 1520. The van der Waals surface area contributed by atoms with Gasteiger partial charge >= 0.3 is 0 Å². The number of nitrogens with zero attached hydrogens (tertiary/aromatic N) is 3. The first kappa shape index (κ1) is 31.4. The smallest absolute Gasteiger partial charge is 0.252 e. The molecule has 1 N–H and O–H groups in total. The van der Waals surface area contributed by atoms with E-state index in [9.17, 15) is 14.4 Å². The van der Waals surface area contributed by atoms with Gasteiger partial charge in [0.25, 0.3) is 5.56 Å². The number of Topliss-reactive ketones (excluding diaryl/α,β-unsaturated/α-hetero) is 1. The summed E-state index contributed by atoms with van der Waals surface area (Å²) in [4.78, 5) is 47.7. The molecule has 1 atom stereocenters. The van der Waals surface area contributed by atoms with Crippen LogP contribution in [0.25, 0.3) is 11.1 Å². The Balaban J connectivity index is 2.09. The summed E-state index contributed by atoms with van der Waals surface area (Å²) in [5, 5.41) is 3.26. The lowest BCUT2D eigenvalue weighted by molar-refractivity contribution is -0.120. The third-order valence-electron chi connectivity index (χ3n) is 6.31. The summed E-state index contributed by atoms with van der Waals surface area (Å²) in [6.45, 7) is 14.7. The second-order valence-electron chi connectivity index (χ2n) is 10.2. The maximum absolute atomic E-state index is 13.6. The fraction of sp³-hybridized carbons (Fsp3) is 0.323. The van der Waals surface area contributed by atoms with Crippen molar-refractivity contribution in [2.45, 2.75) is 52.2 Å². The highest BCUT2D eigenvalue weighted by molar-refractivity contribution is 6.31. The number of hydrogen-bond donors (Lipinski definition) is 1. The number of pyridine rings is 1. The summed E-state index contributed by atoms with van der Waals surface area (Å²) < 4.78 is 12.8. The molecular weight excluding hydrogens is 544 g/mol. The molecule has 1 aromatic heterocycles. The summed E-state index contributed by atoms with van der Waals surface area (Å²) in [5.41, 5.74) is 1.80. The van der Waals surface area contributed by atoms with Gasteiger partial charge in [0, 0.05) is 47.4 Å². The normalized spacial score (nSPS) is 12.0. The molecule has 0 saturated heterocycles. The minimum absolute atomic E-state index is 0.106. The number of amides is 1. The third kappa shape index (κ3) is 7.77. The molecule has 3 aromatic rings. The van der Waals surface area contributed by atoms with Gasteiger partial charge in [0.05, 0.1) is 30.3 Å². The van der Waals surface area contributed by atoms with Crippen molar-refractivity contribution in [2.75, 3.05) is 19.0 Å². The largest absolute Gasteiger partial charge is 0.495 e. The molecule has 0 bridgehead atoms. The minimum Gasteiger partial charge on any atom is -0.495 e. The minimum atomic E-state index is -0.957. The van der Waals surface area contributed by atoms with Crippen molar-refractivity contribution >= 4 is 53.8 Å². The molecule has 0 fully saturated rings. The van der Waals surface area contributed by atoms with E-state index in [0.717, 1.165) is 0 Å². The van der Waals surface area contributed by atoms with Crippen molar-refractivity contribution in [2.24, 2.45) is 9.98 Å². The van der Waals surface area contributed by atoms with Gasteiger partial charge in [-0.25, -0.2) is 0 Å². The van der Waals surface area contributed by atoms with Gasteiger partial charge in [-0.15, -0.1) is 0 Å². The molecule has 9 nitrogen and oxygen atoms in total. The van der Waals surface area contributed by atoms with E-state index in [2.05, 4.69) is 28.7 Å². The number of rotatable bonds is 12. The van der Waals surface area contributed by atoms with E-state index in [-0.39, 0.29) is 25.2 Å². The highest BCUT2D eigenvalue weighted by Gasteiger charge is 2.26. The summed E-state index contributed by atoms with van der Waals surface area (Å²) in [7, 11) is 1.45. The van der Waals surface area contributed by atoms with E-state index < -0.39 is 23.1 Å². The second kappa shape index (κ2) is 13.5. The number of hydrogen-bond acceptors (Lipinski definition) is 7. The zero-order chi connectivity index (χ0) is 30.3. The molecule has 0 aliphatic heterocycles. The van der Waals surface area contributed by atoms with Crippen molar-refractivity contribution < 1.29 is 19.1 Å². The van der Waals surface area contributed by atoms with Gasteiger partial charge in [0.2, 0.25) is 5.91 Å². The van der Waals surface area contributed by atoms with E-state index in [1.165, 1.54) is 23.9 Å². The van der Waals surface area contributed by atoms with Crippen LogP contribution in [0.2, 0.25) is 5.02 Å². The molecule has 0 spiro atoms. The van der Waals surface area contributed by atoms with E-state index in [1.807, 2.05) is 20.8 Å². The predicted molar refractivity (Wildman–Crippen MR) is 165 cm³/mol. The molecule has 0 aliphatic carbocycles. The molecule has 216 valence electrons. The fourth-order valence-corrected chi connectivity index (χ4v) is 4.45. The summed E-state index contributed by atoms with van der Waals surface area (Å²) in [5.74, 6) is -0.255. The lowest BCUT2D eigenvalue weighted by Crippen LogP contribution is -2.34. The zero-order valence-electron chi connectivity index (χ0n) is 24.0. The Morgan fingerprint density at radius 3 is 2.37 bits per heavy atom. The van der Waals surface area contributed by atoms with Crippen LogP contribution < -0.4 is 15.6 Å². The second-order valence-corrected chi connectivity index (χ2v) is 10.7. The van der Waals surface area contributed by atoms with E-state index in [1.54, 1.807) is 43.3 Å². The van der Waals surface area contributed by atoms with Gasteiger partial charge in [0.1, 0.15) is 11.8 Å². The van der Waals surface area contributed by atoms with Crippen LogP contribution in [-0.2, 0) is 9.53 Å². The monoisotopic (exact) mass is 578 g/mol. The Kier molecular flexibility index (Phi) is 10.4. The van der Waals surface area contributed by atoms with Crippen LogP contribution in [0.3, 0.4) is 0 Å². The number of carbonyl (C=O) groups excluding carboxylic acids is 2. The maximum atomic E-state index is 13.6. The predicted octanol–water partition coefficient (Wildman–Crippen LogP) is 6.82. The molecule has 10 heteroatoms. The number of carbonyl (C=O) groups is 2.